The highest BCUT2D eigenvalue weighted by Crippen LogP contribution is 2.37. The fourth-order valence-corrected chi connectivity index (χ4v) is 3.06. The molecule has 1 unspecified atom stereocenters. The topological polar surface area (TPSA) is 35.5 Å². The first kappa shape index (κ1) is 12.7. The third kappa shape index (κ3) is 2.91. The van der Waals surface area contributed by atoms with E-state index in [1.807, 2.05) is 30.3 Å². The van der Waals surface area contributed by atoms with Gasteiger partial charge in [0, 0.05) is 12.9 Å². The number of benzene rings is 1. The Labute approximate surface area is 112 Å². The number of cyclic esters (lactones) is 1. The van der Waals surface area contributed by atoms with Crippen LogP contribution < -0.4 is 0 Å². The SMILES string of the molecule is COC1OC(=O)C(Br)=C1SCc1ccccc1. The molecule has 1 aliphatic rings. The van der Waals surface area contributed by atoms with E-state index in [2.05, 4.69) is 15.9 Å². The molecule has 0 saturated heterocycles. The normalized spacial score (nSPS) is 19.6. The average molecular weight is 315 g/mol. The van der Waals surface area contributed by atoms with Crippen molar-refractivity contribution < 1.29 is 14.3 Å². The van der Waals surface area contributed by atoms with Crippen LogP contribution in [0.3, 0.4) is 0 Å². The van der Waals surface area contributed by atoms with Gasteiger partial charge < -0.3 is 9.47 Å². The van der Waals surface area contributed by atoms with E-state index in [9.17, 15) is 4.79 Å². The van der Waals surface area contributed by atoms with Crippen LogP contribution in [-0.4, -0.2) is 19.4 Å². The standard InChI is InChI=1S/C12H11BrO3S/c1-15-12-10(9(13)11(14)16-12)17-7-8-5-3-2-4-6-8/h2-6,12H,7H2,1H3. The number of ether oxygens (including phenoxy) is 2. The third-order valence-corrected chi connectivity index (χ3v) is 4.47. The molecule has 2 rings (SSSR count). The van der Waals surface area contributed by atoms with Gasteiger partial charge in [-0.05, 0) is 21.5 Å². The highest BCUT2D eigenvalue weighted by atomic mass is 79.9. The number of carbonyl (C=O) groups is 1. The van der Waals surface area contributed by atoms with Crippen molar-refractivity contribution in [1.82, 2.24) is 0 Å². The minimum Gasteiger partial charge on any atom is -0.427 e. The molecule has 1 atom stereocenters. The van der Waals surface area contributed by atoms with Crippen LogP contribution in [0.1, 0.15) is 5.56 Å². The van der Waals surface area contributed by atoms with E-state index in [0.717, 1.165) is 10.7 Å². The quantitative estimate of drug-likeness (QED) is 0.800. The lowest BCUT2D eigenvalue weighted by Crippen LogP contribution is -2.12. The van der Waals surface area contributed by atoms with Gasteiger partial charge in [0.25, 0.3) is 0 Å². The van der Waals surface area contributed by atoms with E-state index in [0.29, 0.717) is 4.48 Å². The smallest absolute Gasteiger partial charge is 0.348 e. The van der Waals surface area contributed by atoms with Crippen molar-refractivity contribution in [1.29, 1.82) is 0 Å². The molecular weight excluding hydrogens is 304 g/mol. The maximum absolute atomic E-state index is 11.3. The van der Waals surface area contributed by atoms with Gasteiger partial charge in [-0.3, -0.25) is 0 Å². The van der Waals surface area contributed by atoms with Crippen LogP contribution in [-0.2, 0) is 20.0 Å². The molecule has 1 aromatic carbocycles. The van der Waals surface area contributed by atoms with Crippen LogP contribution in [0.15, 0.2) is 39.7 Å². The van der Waals surface area contributed by atoms with Crippen molar-refractivity contribution in [2.45, 2.75) is 12.0 Å². The molecule has 0 N–H and O–H groups in total. The molecule has 0 spiro atoms. The van der Waals surface area contributed by atoms with Gasteiger partial charge in [-0.15, -0.1) is 11.8 Å². The Morgan fingerprint density at radius 3 is 2.76 bits per heavy atom. The Morgan fingerprint density at radius 2 is 2.12 bits per heavy atom. The van der Waals surface area contributed by atoms with Crippen LogP contribution in [0.4, 0.5) is 0 Å². The Balaban J connectivity index is 2.05. The van der Waals surface area contributed by atoms with Crippen molar-refractivity contribution >= 4 is 33.7 Å². The zero-order chi connectivity index (χ0) is 12.3. The van der Waals surface area contributed by atoms with Crippen molar-refractivity contribution in [3.63, 3.8) is 0 Å². The fraction of sp³-hybridized carbons (Fsp3) is 0.250. The first-order chi connectivity index (χ1) is 8.22. The molecule has 90 valence electrons. The zero-order valence-corrected chi connectivity index (χ0v) is 11.6. The number of halogens is 1. The van der Waals surface area contributed by atoms with Crippen LogP contribution >= 0.6 is 27.7 Å². The van der Waals surface area contributed by atoms with E-state index >= 15 is 0 Å². The molecule has 1 heterocycles. The molecular formula is C12H11BrO3S. The minimum absolute atomic E-state index is 0.368. The van der Waals surface area contributed by atoms with Crippen LogP contribution in [0.5, 0.6) is 0 Å². The van der Waals surface area contributed by atoms with Crippen LogP contribution in [0.2, 0.25) is 0 Å². The summed E-state index contributed by atoms with van der Waals surface area (Å²) < 4.78 is 10.6. The number of esters is 1. The predicted molar refractivity (Wildman–Crippen MR) is 70.6 cm³/mol. The summed E-state index contributed by atoms with van der Waals surface area (Å²) >= 11 is 4.77. The summed E-state index contributed by atoms with van der Waals surface area (Å²) in [4.78, 5) is 12.1. The largest absolute Gasteiger partial charge is 0.427 e. The summed E-state index contributed by atoms with van der Waals surface area (Å²) in [7, 11) is 1.52. The van der Waals surface area contributed by atoms with Gasteiger partial charge in [0.15, 0.2) is 0 Å². The maximum Gasteiger partial charge on any atom is 0.348 e. The number of thioether (sulfide) groups is 1. The monoisotopic (exact) mass is 314 g/mol. The fourth-order valence-electron chi connectivity index (χ4n) is 1.43. The second-order valence-corrected chi connectivity index (χ2v) is 5.24. The number of methoxy groups -OCH3 is 1. The van der Waals surface area contributed by atoms with Gasteiger partial charge in [0.05, 0.1) is 4.91 Å². The Bertz CT molecular complexity index is 444. The second-order valence-electron chi connectivity index (χ2n) is 3.43. The number of hydrogen-bond donors (Lipinski definition) is 0. The highest BCUT2D eigenvalue weighted by molar-refractivity contribution is 9.12. The molecule has 1 aliphatic heterocycles. The van der Waals surface area contributed by atoms with E-state index < -0.39 is 6.29 Å². The van der Waals surface area contributed by atoms with E-state index in [-0.39, 0.29) is 5.97 Å². The van der Waals surface area contributed by atoms with Crippen molar-refractivity contribution in [2.75, 3.05) is 7.11 Å². The van der Waals surface area contributed by atoms with E-state index in [1.54, 1.807) is 11.8 Å². The molecule has 0 bridgehead atoms. The molecule has 0 amide bonds. The van der Waals surface area contributed by atoms with Gasteiger partial charge in [-0.1, -0.05) is 30.3 Å². The Morgan fingerprint density at radius 1 is 1.41 bits per heavy atom. The lowest BCUT2D eigenvalue weighted by molar-refractivity contribution is -0.154. The molecule has 0 saturated carbocycles. The van der Waals surface area contributed by atoms with Crippen LogP contribution in [0, 0.1) is 0 Å². The molecule has 0 aromatic heterocycles. The lowest BCUT2D eigenvalue weighted by atomic mass is 10.2. The third-order valence-electron chi connectivity index (χ3n) is 2.27. The summed E-state index contributed by atoms with van der Waals surface area (Å²) in [6.07, 6.45) is -0.578. The van der Waals surface area contributed by atoms with E-state index in [4.69, 9.17) is 9.47 Å². The zero-order valence-electron chi connectivity index (χ0n) is 9.18. The van der Waals surface area contributed by atoms with Crippen molar-refractivity contribution in [3.8, 4) is 0 Å². The van der Waals surface area contributed by atoms with Crippen molar-refractivity contribution in [3.05, 3.63) is 45.3 Å². The predicted octanol–water partition coefficient (Wildman–Crippen LogP) is 3.06. The van der Waals surface area contributed by atoms with Gasteiger partial charge in [0.1, 0.15) is 4.48 Å². The van der Waals surface area contributed by atoms with Gasteiger partial charge in [0.2, 0.25) is 6.29 Å². The highest BCUT2D eigenvalue weighted by Gasteiger charge is 2.33. The molecule has 3 nitrogen and oxygen atoms in total. The van der Waals surface area contributed by atoms with Crippen molar-refractivity contribution in [2.24, 2.45) is 0 Å². The Kier molecular flexibility index (Phi) is 4.25. The van der Waals surface area contributed by atoms with Gasteiger partial charge >= 0.3 is 5.97 Å². The maximum atomic E-state index is 11.3. The second kappa shape index (κ2) is 5.71. The lowest BCUT2D eigenvalue weighted by Gasteiger charge is -2.11. The summed E-state index contributed by atoms with van der Waals surface area (Å²) in [6.45, 7) is 0. The number of hydrogen-bond acceptors (Lipinski definition) is 4. The van der Waals surface area contributed by atoms with Crippen LogP contribution in [0.25, 0.3) is 0 Å². The number of rotatable bonds is 4. The molecule has 5 heteroatoms. The van der Waals surface area contributed by atoms with E-state index in [1.165, 1.54) is 12.7 Å². The summed E-state index contributed by atoms with van der Waals surface area (Å²) in [6, 6.07) is 10.0. The Hall–Kier alpha value is -0.780. The summed E-state index contributed by atoms with van der Waals surface area (Å²) in [5.41, 5.74) is 1.19. The molecule has 0 radical (unpaired) electrons. The van der Waals surface area contributed by atoms with Gasteiger partial charge in [-0.2, -0.15) is 0 Å². The number of carbonyl (C=O) groups excluding carboxylic acids is 1. The molecule has 17 heavy (non-hydrogen) atoms. The average Bonchev–Trinajstić information content (AvgIpc) is 2.64. The molecule has 0 aliphatic carbocycles. The molecule has 1 aromatic rings. The minimum atomic E-state index is -0.578. The first-order valence-corrected chi connectivity index (χ1v) is 6.80. The molecule has 0 fully saturated rings. The summed E-state index contributed by atoms with van der Waals surface area (Å²) in [5.74, 6) is 0.411. The first-order valence-electron chi connectivity index (χ1n) is 5.02. The van der Waals surface area contributed by atoms with Gasteiger partial charge in [-0.25, -0.2) is 4.79 Å². The summed E-state index contributed by atoms with van der Waals surface area (Å²) in [5, 5.41) is 0.